The van der Waals surface area contributed by atoms with E-state index in [9.17, 15) is 5.21 Å². The Balaban J connectivity index is 1.72. The molecule has 2 fully saturated rings. The van der Waals surface area contributed by atoms with Crippen molar-refractivity contribution in [2.24, 2.45) is 17.0 Å². The molecule has 2 saturated carbocycles. The third kappa shape index (κ3) is 1.94. The zero-order valence-electron chi connectivity index (χ0n) is 13.7. The van der Waals surface area contributed by atoms with E-state index < -0.39 is 0 Å². The second kappa shape index (κ2) is 5.37. The lowest BCUT2D eigenvalue weighted by Crippen LogP contribution is -2.42. The first-order chi connectivity index (χ1) is 11.9. The molecule has 0 saturated heterocycles. The second-order valence-electron chi connectivity index (χ2n) is 7.37. The van der Waals surface area contributed by atoms with Crippen LogP contribution in [0.15, 0.2) is 53.7 Å². The lowest BCUT2D eigenvalue weighted by Gasteiger charge is -2.37. The maximum atomic E-state index is 9.72. The van der Waals surface area contributed by atoms with Gasteiger partial charge in [-0.3, -0.25) is 0 Å². The van der Waals surface area contributed by atoms with E-state index in [1.54, 1.807) is 0 Å². The third-order valence-corrected chi connectivity index (χ3v) is 6.20. The normalized spacial score (nSPS) is 29.4. The van der Waals surface area contributed by atoms with E-state index in [-0.39, 0.29) is 6.04 Å². The van der Waals surface area contributed by atoms with E-state index in [4.69, 9.17) is 0 Å². The average Bonchev–Trinajstić information content (AvgIpc) is 3.19. The number of hydrogen-bond donors (Lipinski definition) is 1. The maximum Gasteiger partial charge on any atom is 0.0832 e. The number of nitrogens with zero attached hydrogens (tertiary/aromatic N) is 2. The van der Waals surface area contributed by atoms with Crippen molar-refractivity contribution >= 4 is 17.1 Å². The summed E-state index contributed by atoms with van der Waals surface area (Å²) in [4.78, 5) is 2.48. The molecule has 1 N–H and O–H groups in total. The van der Waals surface area contributed by atoms with Gasteiger partial charge in [-0.1, -0.05) is 41.6 Å². The topological polar surface area (TPSA) is 35.8 Å². The van der Waals surface area contributed by atoms with Gasteiger partial charge in [0.2, 0.25) is 0 Å². The van der Waals surface area contributed by atoms with Gasteiger partial charge in [0.25, 0.3) is 0 Å². The molecule has 2 aromatic rings. The fourth-order valence-corrected chi connectivity index (χ4v) is 5.15. The van der Waals surface area contributed by atoms with Crippen LogP contribution >= 0.6 is 0 Å². The van der Waals surface area contributed by atoms with Gasteiger partial charge in [-0.25, -0.2) is 0 Å². The highest BCUT2D eigenvalue weighted by atomic mass is 16.4. The molecule has 0 aromatic heterocycles. The first kappa shape index (κ1) is 14.1. The fourth-order valence-electron chi connectivity index (χ4n) is 5.15. The van der Waals surface area contributed by atoms with Crippen molar-refractivity contribution in [1.82, 2.24) is 0 Å². The van der Waals surface area contributed by atoms with Crippen LogP contribution in [-0.2, 0) is 12.8 Å². The van der Waals surface area contributed by atoms with Crippen molar-refractivity contribution in [2.75, 3.05) is 4.90 Å². The molecular weight excluding hydrogens is 296 g/mol. The monoisotopic (exact) mass is 318 g/mol. The van der Waals surface area contributed by atoms with Crippen LogP contribution in [0.5, 0.6) is 0 Å². The van der Waals surface area contributed by atoms with Crippen molar-refractivity contribution in [2.45, 2.75) is 38.1 Å². The van der Waals surface area contributed by atoms with Crippen LogP contribution in [-0.4, -0.2) is 17.0 Å². The molecule has 3 atom stereocenters. The van der Waals surface area contributed by atoms with Crippen LogP contribution in [0.1, 0.15) is 30.4 Å². The fraction of sp³-hybridized carbons (Fsp3) is 0.381. The van der Waals surface area contributed by atoms with Gasteiger partial charge in [-0.05, 0) is 61.3 Å². The largest absolute Gasteiger partial charge is 0.411 e. The van der Waals surface area contributed by atoms with Crippen molar-refractivity contribution in [1.29, 1.82) is 0 Å². The standard InChI is InChI=1S/C21H22N2O/c24-22-20-16-11-12-17(13-16)21(20)23-18-7-3-1-5-14(18)9-10-15-6-2-4-8-19(15)23/h1-8,16-17,21,24H,9-13H2/b22-20-/t16-,17-,21+/m0/s1. The lowest BCUT2D eigenvalue weighted by atomic mass is 9.90. The summed E-state index contributed by atoms with van der Waals surface area (Å²) < 4.78 is 0. The van der Waals surface area contributed by atoms with Crippen LogP contribution in [0.2, 0.25) is 0 Å². The quantitative estimate of drug-likeness (QED) is 0.618. The number of para-hydroxylation sites is 2. The zero-order valence-corrected chi connectivity index (χ0v) is 13.7. The Morgan fingerprint density at radius 1 is 0.875 bits per heavy atom. The molecular formula is C21H22N2O. The number of aryl methyl sites for hydroxylation is 2. The summed E-state index contributed by atoms with van der Waals surface area (Å²) in [5.41, 5.74) is 6.38. The molecule has 0 spiro atoms. The molecule has 0 unspecified atom stereocenters. The Hall–Kier alpha value is -2.29. The van der Waals surface area contributed by atoms with Gasteiger partial charge in [-0.15, -0.1) is 0 Å². The second-order valence-corrected chi connectivity index (χ2v) is 7.37. The van der Waals surface area contributed by atoms with Crippen LogP contribution in [0.25, 0.3) is 0 Å². The maximum absolute atomic E-state index is 9.72. The van der Waals surface area contributed by atoms with E-state index >= 15 is 0 Å². The highest BCUT2D eigenvalue weighted by molar-refractivity contribution is 5.99. The third-order valence-electron chi connectivity index (χ3n) is 6.20. The van der Waals surface area contributed by atoms with Crippen LogP contribution in [0, 0.1) is 11.8 Å². The highest BCUT2D eigenvalue weighted by Crippen LogP contribution is 2.49. The molecule has 0 radical (unpaired) electrons. The molecule has 24 heavy (non-hydrogen) atoms. The van der Waals surface area contributed by atoms with Crippen LogP contribution in [0.3, 0.4) is 0 Å². The molecule has 1 heterocycles. The summed E-state index contributed by atoms with van der Waals surface area (Å²) in [6.07, 6.45) is 5.73. The average molecular weight is 318 g/mol. The number of rotatable bonds is 1. The van der Waals surface area contributed by atoms with Gasteiger partial charge < -0.3 is 10.1 Å². The van der Waals surface area contributed by atoms with E-state index in [2.05, 4.69) is 58.6 Å². The van der Waals surface area contributed by atoms with Gasteiger partial charge in [-0.2, -0.15) is 0 Å². The SMILES string of the molecule is O/N=C1/[C@H]2CC[C@@H](C2)[C@H]1N1c2ccccc2CCc2ccccc21. The van der Waals surface area contributed by atoms with E-state index in [0.29, 0.717) is 11.8 Å². The summed E-state index contributed by atoms with van der Waals surface area (Å²) in [5.74, 6) is 1.06. The predicted molar refractivity (Wildman–Crippen MR) is 96.3 cm³/mol. The smallest absolute Gasteiger partial charge is 0.0832 e. The van der Waals surface area contributed by atoms with E-state index in [1.165, 1.54) is 41.8 Å². The Morgan fingerprint density at radius 2 is 1.50 bits per heavy atom. The Labute approximate surface area is 142 Å². The number of fused-ring (bicyclic) bond motifs is 4. The Morgan fingerprint density at radius 3 is 2.12 bits per heavy atom. The van der Waals surface area contributed by atoms with E-state index in [1.807, 2.05) is 0 Å². The predicted octanol–water partition coefficient (Wildman–Crippen LogP) is 4.55. The van der Waals surface area contributed by atoms with E-state index in [0.717, 1.165) is 18.6 Å². The molecule has 3 aliphatic rings. The van der Waals surface area contributed by atoms with Crippen molar-refractivity contribution in [3.05, 3.63) is 59.7 Å². The van der Waals surface area contributed by atoms with Crippen molar-refractivity contribution in [3.8, 4) is 0 Å². The summed E-state index contributed by atoms with van der Waals surface area (Å²) in [6.45, 7) is 0. The number of oxime groups is 1. The van der Waals surface area contributed by atoms with Crippen LogP contribution in [0.4, 0.5) is 11.4 Å². The number of anilines is 2. The Bertz CT molecular complexity index is 765. The van der Waals surface area contributed by atoms with Gasteiger partial charge in [0.05, 0.1) is 11.8 Å². The van der Waals surface area contributed by atoms with Crippen LogP contribution < -0.4 is 4.90 Å². The molecule has 2 bridgehead atoms. The first-order valence-corrected chi connectivity index (χ1v) is 9.03. The van der Waals surface area contributed by atoms with Crippen molar-refractivity contribution in [3.63, 3.8) is 0 Å². The highest BCUT2D eigenvalue weighted by Gasteiger charge is 2.49. The van der Waals surface area contributed by atoms with Gasteiger partial charge in [0.15, 0.2) is 0 Å². The summed E-state index contributed by atoms with van der Waals surface area (Å²) in [6, 6.07) is 17.7. The number of benzene rings is 2. The molecule has 2 aliphatic carbocycles. The van der Waals surface area contributed by atoms with Gasteiger partial charge in [0, 0.05) is 17.3 Å². The van der Waals surface area contributed by atoms with Crippen molar-refractivity contribution < 1.29 is 5.21 Å². The summed E-state index contributed by atoms with van der Waals surface area (Å²) in [5, 5.41) is 13.5. The van der Waals surface area contributed by atoms with Gasteiger partial charge in [0.1, 0.15) is 0 Å². The lowest BCUT2D eigenvalue weighted by molar-refractivity contribution is 0.311. The zero-order chi connectivity index (χ0) is 16.1. The summed E-state index contributed by atoms with van der Waals surface area (Å²) in [7, 11) is 0. The molecule has 3 heteroatoms. The minimum absolute atomic E-state index is 0.203. The molecule has 5 rings (SSSR count). The molecule has 0 amide bonds. The summed E-state index contributed by atoms with van der Waals surface area (Å²) >= 11 is 0. The number of hydrogen-bond acceptors (Lipinski definition) is 3. The molecule has 3 nitrogen and oxygen atoms in total. The molecule has 122 valence electrons. The minimum atomic E-state index is 0.203. The first-order valence-electron chi connectivity index (χ1n) is 9.03. The minimum Gasteiger partial charge on any atom is -0.411 e. The van der Waals surface area contributed by atoms with Gasteiger partial charge >= 0.3 is 0 Å². The Kier molecular flexibility index (Phi) is 3.15. The molecule has 1 aliphatic heterocycles. The molecule has 2 aromatic carbocycles.